The zero-order valence-corrected chi connectivity index (χ0v) is 10.7. The Bertz CT molecular complexity index is 203. The summed E-state index contributed by atoms with van der Waals surface area (Å²) in [7, 11) is 0. The smallest absolute Gasteiger partial charge is 0.238 e. The molecule has 3 nitrogen and oxygen atoms in total. The second-order valence-electron chi connectivity index (χ2n) is 4.65. The second kappa shape index (κ2) is 6.38. The first-order chi connectivity index (χ1) is 7.09. The predicted octanol–water partition coefficient (Wildman–Crippen LogP) is 1.59. The number of amides is 1. The van der Waals surface area contributed by atoms with E-state index in [1.807, 2.05) is 0 Å². The average Bonchev–Trinajstić information content (AvgIpc) is 2.67. The maximum absolute atomic E-state index is 11.7. The molecule has 0 aliphatic carbocycles. The van der Waals surface area contributed by atoms with Gasteiger partial charge in [0, 0.05) is 17.7 Å². The van der Waals surface area contributed by atoms with Gasteiger partial charge >= 0.3 is 0 Å². The van der Waals surface area contributed by atoms with Gasteiger partial charge in [-0.1, -0.05) is 13.8 Å². The minimum atomic E-state index is 0.0245. The van der Waals surface area contributed by atoms with Crippen molar-refractivity contribution in [2.75, 3.05) is 11.6 Å². The highest BCUT2D eigenvalue weighted by atomic mass is 32.2. The Balaban J connectivity index is 2.18. The van der Waals surface area contributed by atoms with Crippen molar-refractivity contribution < 1.29 is 4.79 Å². The number of rotatable bonds is 5. The lowest BCUT2D eigenvalue weighted by Gasteiger charge is -2.17. The van der Waals surface area contributed by atoms with Crippen LogP contribution in [0.15, 0.2) is 0 Å². The van der Waals surface area contributed by atoms with E-state index in [9.17, 15) is 4.79 Å². The van der Waals surface area contributed by atoms with Gasteiger partial charge in [0.25, 0.3) is 0 Å². The molecule has 1 fully saturated rings. The minimum Gasteiger partial charge on any atom is -0.352 e. The molecule has 2 N–H and O–H groups in total. The van der Waals surface area contributed by atoms with Crippen molar-refractivity contribution >= 4 is 17.7 Å². The van der Waals surface area contributed by atoms with Crippen molar-refractivity contribution in [1.29, 1.82) is 0 Å². The number of thioether (sulfide) groups is 1. The lowest BCUT2D eigenvalue weighted by Crippen LogP contribution is -2.45. The summed E-state index contributed by atoms with van der Waals surface area (Å²) in [6, 6.07) is 0.323. The van der Waals surface area contributed by atoms with Crippen molar-refractivity contribution in [3.05, 3.63) is 0 Å². The Morgan fingerprint density at radius 2 is 2.20 bits per heavy atom. The Morgan fingerprint density at radius 3 is 2.73 bits per heavy atom. The van der Waals surface area contributed by atoms with Crippen molar-refractivity contribution in [2.45, 2.75) is 45.7 Å². The summed E-state index contributed by atoms with van der Waals surface area (Å²) >= 11 is 1.78. The fourth-order valence-electron chi connectivity index (χ4n) is 1.56. The Morgan fingerprint density at radius 1 is 1.47 bits per heavy atom. The summed E-state index contributed by atoms with van der Waals surface area (Å²) in [5.41, 5.74) is 0. The monoisotopic (exact) mass is 230 g/mol. The molecule has 1 heterocycles. The Labute approximate surface area is 96.8 Å². The molecule has 0 bridgehead atoms. The van der Waals surface area contributed by atoms with Crippen LogP contribution in [-0.2, 0) is 4.79 Å². The fraction of sp³-hybridized carbons (Fsp3) is 0.909. The molecule has 0 aromatic rings. The normalized spacial score (nSPS) is 23.1. The van der Waals surface area contributed by atoms with Crippen LogP contribution in [0, 0.1) is 5.92 Å². The SMILES string of the molecule is CC(C)CC[C@@H](C)NC(=O)[C@@H]1CSCN1. The number of carbonyl (C=O) groups is 1. The van der Waals surface area contributed by atoms with E-state index in [4.69, 9.17) is 0 Å². The summed E-state index contributed by atoms with van der Waals surface area (Å²) < 4.78 is 0. The van der Waals surface area contributed by atoms with Crippen LogP contribution >= 0.6 is 11.8 Å². The zero-order valence-electron chi connectivity index (χ0n) is 9.88. The summed E-state index contributed by atoms with van der Waals surface area (Å²) in [6.07, 6.45) is 2.25. The van der Waals surface area contributed by atoms with Gasteiger partial charge in [-0.05, 0) is 25.7 Å². The average molecular weight is 230 g/mol. The lowest BCUT2D eigenvalue weighted by atomic mass is 10.0. The van der Waals surface area contributed by atoms with Crippen LogP contribution in [-0.4, -0.2) is 29.6 Å². The van der Waals surface area contributed by atoms with E-state index >= 15 is 0 Å². The molecule has 15 heavy (non-hydrogen) atoms. The summed E-state index contributed by atoms with van der Waals surface area (Å²) in [5.74, 6) is 2.68. The number of hydrogen-bond donors (Lipinski definition) is 2. The van der Waals surface area contributed by atoms with E-state index in [1.54, 1.807) is 11.8 Å². The first-order valence-corrected chi connectivity index (χ1v) is 6.86. The molecule has 0 spiro atoms. The molecule has 1 rings (SSSR count). The molecular formula is C11H22N2OS. The van der Waals surface area contributed by atoms with Crippen molar-refractivity contribution in [1.82, 2.24) is 10.6 Å². The van der Waals surface area contributed by atoms with Crippen LogP contribution in [0.3, 0.4) is 0 Å². The van der Waals surface area contributed by atoms with Gasteiger partial charge in [-0.25, -0.2) is 0 Å². The van der Waals surface area contributed by atoms with Gasteiger partial charge < -0.3 is 5.32 Å². The molecule has 2 atom stereocenters. The van der Waals surface area contributed by atoms with E-state index in [0.717, 1.165) is 18.1 Å². The van der Waals surface area contributed by atoms with Crippen LogP contribution in [0.2, 0.25) is 0 Å². The van der Waals surface area contributed by atoms with E-state index in [-0.39, 0.29) is 11.9 Å². The van der Waals surface area contributed by atoms with Gasteiger partial charge in [-0.15, -0.1) is 11.8 Å². The zero-order chi connectivity index (χ0) is 11.3. The highest BCUT2D eigenvalue weighted by molar-refractivity contribution is 7.99. The first kappa shape index (κ1) is 12.8. The standard InChI is InChI=1S/C11H22N2OS/c1-8(2)4-5-9(3)13-11(14)10-6-15-7-12-10/h8-10,12H,4-7H2,1-3H3,(H,13,14)/t9-,10+/m1/s1. The molecule has 4 heteroatoms. The Hall–Kier alpha value is -0.220. The van der Waals surface area contributed by atoms with Crippen molar-refractivity contribution in [3.8, 4) is 0 Å². The molecule has 1 aliphatic heterocycles. The number of nitrogens with one attached hydrogen (secondary N) is 2. The largest absolute Gasteiger partial charge is 0.352 e. The maximum Gasteiger partial charge on any atom is 0.238 e. The van der Waals surface area contributed by atoms with E-state index in [2.05, 4.69) is 31.4 Å². The van der Waals surface area contributed by atoms with Crippen molar-refractivity contribution in [3.63, 3.8) is 0 Å². The molecule has 1 amide bonds. The van der Waals surface area contributed by atoms with Gasteiger partial charge in [0.05, 0.1) is 6.04 Å². The summed E-state index contributed by atoms with van der Waals surface area (Å²) in [5, 5.41) is 6.24. The van der Waals surface area contributed by atoms with Gasteiger partial charge in [-0.2, -0.15) is 0 Å². The topological polar surface area (TPSA) is 41.1 Å². The van der Waals surface area contributed by atoms with Crippen LogP contribution in [0.25, 0.3) is 0 Å². The molecule has 0 unspecified atom stereocenters. The van der Waals surface area contributed by atoms with Crippen LogP contribution in [0.5, 0.6) is 0 Å². The summed E-state index contributed by atoms with van der Waals surface area (Å²) in [4.78, 5) is 11.7. The molecule has 0 radical (unpaired) electrons. The van der Waals surface area contributed by atoms with Gasteiger partial charge in [-0.3, -0.25) is 10.1 Å². The third kappa shape index (κ3) is 4.89. The third-order valence-corrected chi connectivity index (χ3v) is 3.54. The quantitative estimate of drug-likeness (QED) is 0.753. The Kier molecular flexibility index (Phi) is 5.47. The maximum atomic E-state index is 11.7. The third-order valence-electron chi connectivity index (χ3n) is 2.60. The van der Waals surface area contributed by atoms with Crippen LogP contribution in [0.4, 0.5) is 0 Å². The molecule has 0 saturated carbocycles. The highest BCUT2D eigenvalue weighted by Crippen LogP contribution is 2.11. The first-order valence-electron chi connectivity index (χ1n) is 5.71. The van der Waals surface area contributed by atoms with Crippen molar-refractivity contribution in [2.24, 2.45) is 5.92 Å². The number of carbonyl (C=O) groups excluding carboxylic acids is 1. The van der Waals surface area contributed by atoms with E-state index < -0.39 is 0 Å². The van der Waals surface area contributed by atoms with E-state index in [0.29, 0.717) is 12.0 Å². The molecule has 1 aliphatic rings. The summed E-state index contributed by atoms with van der Waals surface area (Å²) in [6.45, 7) is 6.51. The van der Waals surface area contributed by atoms with E-state index in [1.165, 1.54) is 6.42 Å². The van der Waals surface area contributed by atoms with Gasteiger partial charge in [0.2, 0.25) is 5.91 Å². The molecule has 1 saturated heterocycles. The molecule has 0 aromatic carbocycles. The molecular weight excluding hydrogens is 208 g/mol. The van der Waals surface area contributed by atoms with Crippen LogP contribution in [0.1, 0.15) is 33.6 Å². The lowest BCUT2D eigenvalue weighted by molar-refractivity contribution is -0.123. The van der Waals surface area contributed by atoms with Gasteiger partial charge in [0.1, 0.15) is 0 Å². The predicted molar refractivity (Wildman–Crippen MR) is 65.9 cm³/mol. The molecule has 88 valence electrons. The van der Waals surface area contributed by atoms with Crippen LogP contribution < -0.4 is 10.6 Å². The number of hydrogen-bond acceptors (Lipinski definition) is 3. The van der Waals surface area contributed by atoms with Gasteiger partial charge in [0.15, 0.2) is 0 Å². The molecule has 0 aromatic heterocycles. The second-order valence-corrected chi connectivity index (χ2v) is 5.68. The fourth-order valence-corrected chi connectivity index (χ4v) is 2.50. The highest BCUT2D eigenvalue weighted by Gasteiger charge is 2.23. The minimum absolute atomic E-state index is 0.0245.